The van der Waals surface area contributed by atoms with Crippen molar-refractivity contribution in [3.8, 4) is 17.2 Å². The number of H-pyrrole nitrogens is 1. The molecule has 0 spiro atoms. The Kier molecular flexibility index (Phi) is 9.62. The molecule has 0 saturated carbocycles. The van der Waals surface area contributed by atoms with Crippen LogP contribution >= 0.6 is 0 Å². The topological polar surface area (TPSA) is 182 Å². The van der Waals surface area contributed by atoms with Crippen molar-refractivity contribution >= 4 is 23.3 Å². The van der Waals surface area contributed by atoms with Gasteiger partial charge in [-0.2, -0.15) is 0 Å². The number of fused-ring (bicyclic) bond motifs is 3. The highest BCUT2D eigenvalue weighted by molar-refractivity contribution is 6.31. The molecule has 1 aromatic carbocycles. The maximum Gasteiger partial charge on any atom is 0.326 e. The van der Waals surface area contributed by atoms with Crippen LogP contribution in [0, 0.1) is 6.92 Å². The van der Waals surface area contributed by atoms with Gasteiger partial charge >= 0.3 is 5.97 Å². The molecule has 12 heteroatoms. The van der Waals surface area contributed by atoms with E-state index in [-0.39, 0.29) is 45.9 Å². The molecule has 2 aliphatic rings. The van der Waals surface area contributed by atoms with E-state index in [0.717, 1.165) is 6.08 Å². The highest BCUT2D eigenvalue weighted by atomic mass is 16.5. The van der Waals surface area contributed by atoms with Crippen molar-refractivity contribution in [1.82, 2.24) is 20.2 Å². The number of allylic oxidation sites excluding steroid dienone is 4. The van der Waals surface area contributed by atoms with Gasteiger partial charge in [-0.25, -0.2) is 9.78 Å². The number of hydrogen-bond donors (Lipinski definition) is 5. The SMILES string of the molecule is CC(=O)c1c(O)c(C)c(O)c2c1OC1=CC(=O)/C(=C(/C)N[C@@H](Cc3cnc[nH]3)C(=O)O)C(=O)[C@@]12C.CCN(CC)CC. The van der Waals surface area contributed by atoms with Crippen LogP contribution in [0.25, 0.3) is 0 Å². The fourth-order valence-electron chi connectivity index (χ4n) is 5.18. The molecular weight excluding hydrogens is 544 g/mol. The highest BCUT2D eigenvalue weighted by Gasteiger charge is 2.56. The average Bonchev–Trinajstić information content (AvgIpc) is 3.54. The van der Waals surface area contributed by atoms with Crippen molar-refractivity contribution in [1.29, 1.82) is 0 Å². The summed E-state index contributed by atoms with van der Waals surface area (Å²) in [7, 11) is 0. The van der Waals surface area contributed by atoms with Crippen LogP contribution in [0.1, 0.15) is 68.7 Å². The molecule has 1 aliphatic heterocycles. The molecule has 0 bridgehead atoms. The van der Waals surface area contributed by atoms with Gasteiger partial charge in [-0.3, -0.25) is 14.4 Å². The quantitative estimate of drug-likeness (QED) is 0.166. The number of phenols is 2. The first-order valence-electron chi connectivity index (χ1n) is 13.7. The molecule has 1 aromatic heterocycles. The zero-order chi connectivity index (χ0) is 31.5. The average molecular weight is 583 g/mol. The fraction of sp³-hybridized carbons (Fsp3) is 0.433. The number of imidazole rings is 1. The fourth-order valence-corrected chi connectivity index (χ4v) is 5.18. The van der Waals surface area contributed by atoms with Crippen molar-refractivity contribution in [2.45, 2.75) is 66.3 Å². The lowest BCUT2D eigenvalue weighted by Gasteiger charge is -2.29. The van der Waals surface area contributed by atoms with Crippen LogP contribution in [-0.2, 0) is 26.2 Å². The summed E-state index contributed by atoms with van der Waals surface area (Å²) < 4.78 is 5.71. The summed E-state index contributed by atoms with van der Waals surface area (Å²) in [5, 5.41) is 33.7. The molecule has 0 unspecified atom stereocenters. The number of ether oxygens (including phenoxy) is 1. The van der Waals surface area contributed by atoms with Crippen LogP contribution < -0.4 is 10.1 Å². The molecular formula is C30H38N4O8. The van der Waals surface area contributed by atoms with Crippen LogP contribution in [0.5, 0.6) is 17.2 Å². The van der Waals surface area contributed by atoms with E-state index in [9.17, 15) is 34.5 Å². The van der Waals surface area contributed by atoms with Gasteiger partial charge in [-0.05, 0) is 47.3 Å². The van der Waals surface area contributed by atoms with Gasteiger partial charge in [0.15, 0.2) is 17.3 Å². The normalized spacial score (nSPS) is 19.2. The van der Waals surface area contributed by atoms with E-state index in [1.807, 2.05) is 0 Å². The Morgan fingerprint density at radius 2 is 1.74 bits per heavy atom. The van der Waals surface area contributed by atoms with E-state index < -0.39 is 46.3 Å². The number of aromatic hydroxyl groups is 2. The summed E-state index contributed by atoms with van der Waals surface area (Å²) in [6.07, 6.45) is 3.95. The van der Waals surface area contributed by atoms with Crippen molar-refractivity contribution in [3.63, 3.8) is 0 Å². The number of carboxylic acid groups (broad SMARTS) is 1. The number of Topliss-reactive ketones (excluding diaryl/α,β-unsaturated/α-hetero) is 2. The first kappa shape index (κ1) is 32.1. The number of phenolic OH excluding ortho intramolecular Hbond substituents is 2. The third-order valence-corrected chi connectivity index (χ3v) is 7.77. The number of hydrogen-bond acceptors (Lipinski definition) is 10. The molecule has 0 amide bonds. The molecule has 0 fully saturated rings. The van der Waals surface area contributed by atoms with Gasteiger partial charge < -0.3 is 35.3 Å². The molecule has 4 rings (SSSR count). The Labute approximate surface area is 244 Å². The molecule has 12 nitrogen and oxygen atoms in total. The van der Waals surface area contributed by atoms with Gasteiger partial charge in [0.05, 0.1) is 17.5 Å². The number of aromatic nitrogens is 2. The molecule has 1 aliphatic carbocycles. The Balaban J connectivity index is 0.000000616. The predicted octanol–water partition coefficient (Wildman–Crippen LogP) is 2.93. The highest BCUT2D eigenvalue weighted by Crippen LogP contribution is 2.57. The van der Waals surface area contributed by atoms with Gasteiger partial charge in [-0.1, -0.05) is 20.8 Å². The Hall–Kier alpha value is -4.45. The van der Waals surface area contributed by atoms with Crippen LogP contribution in [0.2, 0.25) is 0 Å². The number of ketones is 3. The lowest BCUT2D eigenvalue weighted by Crippen LogP contribution is -2.43. The van der Waals surface area contributed by atoms with Crippen LogP contribution in [-0.4, -0.2) is 79.2 Å². The van der Waals surface area contributed by atoms with E-state index >= 15 is 0 Å². The number of aliphatic carboxylic acids is 1. The first-order valence-corrected chi connectivity index (χ1v) is 13.7. The van der Waals surface area contributed by atoms with Gasteiger partial charge in [0.1, 0.15) is 40.0 Å². The lowest BCUT2D eigenvalue weighted by atomic mass is 9.70. The molecule has 226 valence electrons. The maximum atomic E-state index is 13.8. The Bertz CT molecular complexity index is 1470. The molecule has 2 atom stereocenters. The van der Waals surface area contributed by atoms with Crippen molar-refractivity contribution < 1.29 is 39.2 Å². The third kappa shape index (κ3) is 5.67. The number of carbonyl (C=O) groups excluding carboxylic acids is 3. The van der Waals surface area contributed by atoms with Gasteiger partial charge in [0.2, 0.25) is 0 Å². The standard InChI is InChI=1S/C24H23N3O8.C6H15N/c1-9-19(30)17(11(3)28)21-18(20(9)31)24(4)15(35-21)6-14(29)16(22(24)32)10(2)27-13(23(33)34)5-12-7-25-8-26-12;1-4-7(5-2)6-3/h6-8,13,27,30-31H,5H2,1-4H3,(H,25,26)(H,33,34);4-6H2,1-3H3/b16-10+;/t13-,24-;/m0./s1. The summed E-state index contributed by atoms with van der Waals surface area (Å²) in [6, 6.07) is -1.18. The van der Waals surface area contributed by atoms with E-state index in [2.05, 4.69) is 41.0 Å². The molecule has 42 heavy (non-hydrogen) atoms. The summed E-state index contributed by atoms with van der Waals surface area (Å²) in [6.45, 7) is 15.6. The Morgan fingerprint density at radius 1 is 1.12 bits per heavy atom. The second-order valence-corrected chi connectivity index (χ2v) is 10.3. The lowest BCUT2D eigenvalue weighted by molar-refractivity contribution is -0.139. The van der Waals surface area contributed by atoms with Crippen LogP contribution in [0.15, 0.2) is 35.6 Å². The zero-order valence-corrected chi connectivity index (χ0v) is 24.9. The van der Waals surface area contributed by atoms with E-state index in [0.29, 0.717) is 5.69 Å². The summed E-state index contributed by atoms with van der Waals surface area (Å²) in [5.74, 6) is -4.45. The maximum absolute atomic E-state index is 13.8. The van der Waals surface area contributed by atoms with Gasteiger partial charge in [0.25, 0.3) is 0 Å². The molecule has 0 saturated heterocycles. The Morgan fingerprint density at radius 3 is 2.21 bits per heavy atom. The van der Waals surface area contributed by atoms with Gasteiger partial charge in [0, 0.05) is 35.6 Å². The van der Waals surface area contributed by atoms with Crippen LogP contribution in [0.4, 0.5) is 0 Å². The number of nitrogens with one attached hydrogen (secondary N) is 2. The van der Waals surface area contributed by atoms with Crippen LogP contribution in [0.3, 0.4) is 0 Å². The number of carbonyl (C=O) groups is 4. The minimum atomic E-state index is -1.68. The number of nitrogens with zero attached hydrogens (tertiary/aromatic N) is 2. The van der Waals surface area contributed by atoms with E-state index in [4.69, 9.17) is 4.74 Å². The van der Waals surface area contributed by atoms with Crippen molar-refractivity contribution in [3.05, 3.63) is 58.0 Å². The summed E-state index contributed by atoms with van der Waals surface area (Å²) in [4.78, 5) is 59.9. The number of aromatic amines is 1. The van der Waals surface area contributed by atoms with E-state index in [1.54, 1.807) is 0 Å². The zero-order valence-electron chi connectivity index (χ0n) is 24.9. The smallest absolute Gasteiger partial charge is 0.326 e. The second-order valence-electron chi connectivity index (χ2n) is 10.3. The summed E-state index contributed by atoms with van der Waals surface area (Å²) in [5.41, 5.74) is -1.70. The molecule has 2 aromatic rings. The molecule has 0 radical (unpaired) electrons. The largest absolute Gasteiger partial charge is 0.507 e. The molecule has 2 heterocycles. The first-order chi connectivity index (χ1) is 19.7. The minimum absolute atomic E-state index is 0.00780. The number of carboxylic acids is 1. The molecule has 5 N–H and O–H groups in total. The van der Waals surface area contributed by atoms with Crippen molar-refractivity contribution in [2.75, 3.05) is 19.6 Å². The predicted molar refractivity (Wildman–Crippen MR) is 154 cm³/mol. The second kappa shape index (κ2) is 12.6. The van der Waals surface area contributed by atoms with E-state index in [1.165, 1.54) is 59.9 Å². The van der Waals surface area contributed by atoms with Gasteiger partial charge in [-0.15, -0.1) is 0 Å². The monoisotopic (exact) mass is 582 g/mol. The minimum Gasteiger partial charge on any atom is -0.507 e. The third-order valence-electron chi connectivity index (χ3n) is 7.77. The summed E-state index contributed by atoms with van der Waals surface area (Å²) >= 11 is 0. The number of rotatable bonds is 9. The van der Waals surface area contributed by atoms with Crippen molar-refractivity contribution in [2.24, 2.45) is 0 Å². The number of benzene rings is 1.